The van der Waals surface area contributed by atoms with Crippen LogP contribution in [0.2, 0.25) is 0 Å². The van der Waals surface area contributed by atoms with Crippen LogP contribution in [0.1, 0.15) is 61.7 Å². The summed E-state index contributed by atoms with van der Waals surface area (Å²) in [4.78, 5) is 18.3. The second-order valence-electron chi connectivity index (χ2n) is 11.2. The maximum Gasteiger partial charge on any atom is 0.164 e. The van der Waals surface area contributed by atoms with Gasteiger partial charge in [-0.15, -0.1) is 0 Å². The van der Waals surface area contributed by atoms with Gasteiger partial charge in [0.15, 0.2) is 5.78 Å². The van der Waals surface area contributed by atoms with Crippen molar-refractivity contribution in [2.45, 2.75) is 69.0 Å². The lowest BCUT2D eigenvalue weighted by molar-refractivity contribution is 0.0644. The first kappa shape index (κ1) is 20.9. The largest absolute Gasteiger partial charge is 0.495 e. The van der Waals surface area contributed by atoms with Gasteiger partial charge in [-0.05, 0) is 74.5 Å². The number of methoxy groups -OCH3 is 1. The molecule has 174 valence electrons. The summed E-state index contributed by atoms with van der Waals surface area (Å²) < 4.78 is 5.29. The van der Waals surface area contributed by atoms with Crippen LogP contribution in [0.4, 0.5) is 5.69 Å². The topological polar surface area (TPSA) is 80.7 Å². The van der Waals surface area contributed by atoms with Crippen molar-refractivity contribution in [1.29, 1.82) is 0 Å². The van der Waals surface area contributed by atoms with Gasteiger partial charge in [0.05, 0.1) is 12.8 Å². The third-order valence-corrected chi connectivity index (χ3v) is 9.38. The van der Waals surface area contributed by atoms with E-state index < -0.39 is 0 Å². The lowest BCUT2D eigenvalue weighted by Crippen LogP contribution is -2.51. The first-order chi connectivity index (χ1) is 15.5. The van der Waals surface area contributed by atoms with Crippen LogP contribution in [-0.2, 0) is 0 Å². The Morgan fingerprint density at radius 2 is 1.91 bits per heavy atom. The minimum atomic E-state index is 0.192. The highest BCUT2D eigenvalue weighted by Gasteiger charge is 2.79. The van der Waals surface area contributed by atoms with Gasteiger partial charge >= 0.3 is 0 Å². The molecule has 2 aliphatic heterocycles. The molecule has 3 N–H and O–H groups in total. The number of anilines is 1. The Morgan fingerprint density at radius 3 is 2.59 bits per heavy atom. The van der Waals surface area contributed by atoms with Crippen molar-refractivity contribution >= 4 is 11.5 Å². The number of carbonyl (C=O) groups is 1. The molecular weight excluding hydrogens is 400 g/mol. The van der Waals surface area contributed by atoms with Gasteiger partial charge in [-0.3, -0.25) is 9.69 Å². The van der Waals surface area contributed by atoms with E-state index in [2.05, 4.69) is 15.1 Å². The lowest BCUT2D eigenvalue weighted by atomic mass is 9.80. The van der Waals surface area contributed by atoms with Gasteiger partial charge < -0.3 is 20.7 Å². The SMILES string of the molecule is COc1cc(C(=O)CC2N[C@@]23CC32CCC(N3CCN(CC4CC4)CC3)CC2)ccc1N. The zero-order valence-corrected chi connectivity index (χ0v) is 19.4. The minimum Gasteiger partial charge on any atom is -0.495 e. The van der Waals surface area contributed by atoms with Gasteiger partial charge in [-0.2, -0.15) is 0 Å². The summed E-state index contributed by atoms with van der Waals surface area (Å²) >= 11 is 0. The van der Waals surface area contributed by atoms with E-state index in [1.165, 1.54) is 77.7 Å². The van der Waals surface area contributed by atoms with E-state index in [0.29, 0.717) is 34.9 Å². The van der Waals surface area contributed by atoms with Gasteiger partial charge in [0.25, 0.3) is 0 Å². The number of ether oxygens (including phenoxy) is 1. The molecule has 0 amide bonds. The molecule has 5 fully saturated rings. The van der Waals surface area contributed by atoms with Crippen molar-refractivity contribution in [3.05, 3.63) is 23.8 Å². The second kappa shape index (κ2) is 7.71. The van der Waals surface area contributed by atoms with Crippen molar-refractivity contribution < 1.29 is 9.53 Å². The average Bonchev–Trinajstić information content (AvgIpc) is 3.74. The molecule has 3 aliphatic carbocycles. The maximum absolute atomic E-state index is 12.9. The Morgan fingerprint density at radius 1 is 1.16 bits per heavy atom. The predicted octanol–water partition coefficient (Wildman–Crippen LogP) is 2.92. The van der Waals surface area contributed by atoms with Gasteiger partial charge in [-0.1, -0.05) is 0 Å². The number of rotatable bonds is 7. The Kier molecular flexibility index (Phi) is 5.05. The van der Waals surface area contributed by atoms with Gasteiger partial charge in [-0.25, -0.2) is 0 Å². The van der Waals surface area contributed by atoms with Crippen LogP contribution in [0, 0.1) is 11.3 Å². The van der Waals surface area contributed by atoms with Crippen molar-refractivity contribution in [1.82, 2.24) is 15.1 Å². The predicted molar refractivity (Wildman–Crippen MR) is 126 cm³/mol. The summed E-state index contributed by atoms with van der Waals surface area (Å²) in [7, 11) is 1.59. The summed E-state index contributed by atoms with van der Waals surface area (Å²) in [5, 5.41) is 3.75. The van der Waals surface area contributed by atoms with Crippen molar-refractivity contribution in [3.63, 3.8) is 0 Å². The van der Waals surface area contributed by atoms with Crippen LogP contribution >= 0.6 is 0 Å². The van der Waals surface area contributed by atoms with E-state index in [0.717, 1.165) is 12.0 Å². The minimum absolute atomic E-state index is 0.192. The Labute approximate surface area is 191 Å². The zero-order valence-electron chi connectivity index (χ0n) is 19.4. The summed E-state index contributed by atoms with van der Waals surface area (Å²) in [6.07, 6.45) is 10.1. The Balaban J connectivity index is 0.987. The smallest absolute Gasteiger partial charge is 0.164 e. The number of hydrogen-bond acceptors (Lipinski definition) is 6. The summed E-state index contributed by atoms with van der Waals surface area (Å²) in [6.45, 7) is 6.40. The molecule has 2 atom stereocenters. The number of piperazine rings is 1. The van der Waals surface area contributed by atoms with E-state index in [-0.39, 0.29) is 11.3 Å². The van der Waals surface area contributed by atoms with Crippen LogP contribution in [0.5, 0.6) is 5.75 Å². The number of nitrogens with one attached hydrogen (secondary N) is 1. The molecule has 2 saturated heterocycles. The third-order valence-electron chi connectivity index (χ3n) is 9.38. The molecule has 6 rings (SSSR count). The monoisotopic (exact) mass is 438 g/mol. The normalized spacial score (nSPS) is 37.0. The standard InChI is InChI=1S/C26H38N4O2/c1-32-23-14-19(4-5-21(23)27)22(31)15-24-26(28-24)17-25(26)8-6-20(7-9-25)30-12-10-29(11-13-30)16-18-2-3-18/h4-5,14,18,20,24,28H,2-3,6-13,15-17,27H2,1H3/t20?,24?,25?,26-/m0/s1. The maximum atomic E-state index is 12.9. The van der Waals surface area contributed by atoms with Crippen LogP contribution in [-0.4, -0.2) is 73.0 Å². The second-order valence-corrected chi connectivity index (χ2v) is 11.2. The Hall–Kier alpha value is -1.63. The molecule has 1 unspecified atom stereocenters. The number of carbonyl (C=O) groups excluding carboxylic acids is 1. The van der Waals surface area contributed by atoms with Crippen molar-refractivity contribution in [2.24, 2.45) is 11.3 Å². The number of hydrogen-bond donors (Lipinski definition) is 2. The molecule has 1 aromatic carbocycles. The van der Waals surface area contributed by atoms with Crippen molar-refractivity contribution in [2.75, 3.05) is 45.6 Å². The third kappa shape index (κ3) is 3.64. The fourth-order valence-electron chi connectivity index (χ4n) is 6.99. The molecule has 2 heterocycles. The van der Waals surface area contributed by atoms with Crippen LogP contribution in [0.15, 0.2) is 18.2 Å². The van der Waals surface area contributed by atoms with Crippen LogP contribution in [0.25, 0.3) is 0 Å². The first-order valence-corrected chi connectivity index (χ1v) is 12.7. The highest BCUT2D eigenvalue weighted by molar-refractivity contribution is 5.98. The van der Waals surface area contributed by atoms with E-state index in [9.17, 15) is 4.79 Å². The number of ketones is 1. The fraction of sp³-hybridized carbons (Fsp3) is 0.731. The van der Waals surface area contributed by atoms with E-state index in [1.54, 1.807) is 19.2 Å². The zero-order chi connectivity index (χ0) is 21.9. The van der Waals surface area contributed by atoms with Crippen LogP contribution < -0.4 is 15.8 Å². The first-order valence-electron chi connectivity index (χ1n) is 12.7. The summed E-state index contributed by atoms with van der Waals surface area (Å²) in [5.74, 6) is 1.79. The molecule has 32 heavy (non-hydrogen) atoms. The molecule has 6 nitrogen and oxygen atoms in total. The molecule has 6 heteroatoms. The van der Waals surface area contributed by atoms with Gasteiger partial charge in [0.1, 0.15) is 5.75 Å². The van der Waals surface area contributed by atoms with E-state index in [4.69, 9.17) is 10.5 Å². The molecule has 0 aromatic heterocycles. The molecule has 5 aliphatic rings. The molecule has 1 aromatic rings. The molecule has 0 radical (unpaired) electrons. The quantitative estimate of drug-likeness (QED) is 0.387. The lowest BCUT2D eigenvalue weighted by Gasteiger charge is -2.42. The number of fused-ring (bicyclic) bond motifs is 1. The molecule has 3 saturated carbocycles. The van der Waals surface area contributed by atoms with Gasteiger partial charge in [0, 0.05) is 62.3 Å². The molecular formula is C26H38N4O2. The van der Waals surface area contributed by atoms with Crippen LogP contribution in [0.3, 0.4) is 0 Å². The van der Waals surface area contributed by atoms with Gasteiger partial charge in [0.2, 0.25) is 0 Å². The summed E-state index contributed by atoms with van der Waals surface area (Å²) in [5.41, 5.74) is 7.90. The molecule has 2 spiro atoms. The summed E-state index contributed by atoms with van der Waals surface area (Å²) in [6, 6.07) is 6.51. The fourth-order valence-corrected chi connectivity index (χ4v) is 6.99. The highest BCUT2D eigenvalue weighted by Crippen LogP contribution is 2.72. The average molecular weight is 439 g/mol. The number of nitrogens with two attached hydrogens (primary N) is 1. The van der Waals surface area contributed by atoms with Crippen molar-refractivity contribution in [3.8, 4) is 5.75 Å². The van der Waals surface area contributed by atoms with E-state index >= 15 is 0 Å². The molecule has 0 bridgehead atoms. The number of nitrogen functional groups attached to an aromatic ring is 1. The number of benzene rings is 1. The number of nitrogens with zero attached hydrogens (tertiary/aromatic N) is 2. The Bertz CT molecular complexity index is 884. The number of Topliss-reactive ketones (excluding diaryl/α,β-unsaturated/α-hetero) is 1. The highest BCUT2D eigenvalue weighted by atomic mass is 16.5. The van der Waals surface area contributed by atoms with E-state index in [1.807, 2.05) is 6.07 Å².